The molecular formula is C24H31N3O2. The van der Waals surface area contributed by atoms with Crippen LogP contribution >= 0.6 is 0 Å². The van der Waals surface area contributed by atoms with Crippen LogP contribution in [-0.4, -0.2) is 42.9 Å². The molecule has 0 radical (unpaired) electrons. The number of amides is 2. The van der Waals surface area contributed by atoms with Crippen molar-refractivity contribution in [2.75, 3.05) is 36.4 Å². The lowest BCUT2D eigenvalue weighted by molar-refractivity contribution is -0.129. The van der Waals surface area contributed by atoms with Crippen molar-refractivity contribution in [3.05, 3.63) is 59.2 Å². The zero-order valence-electron chi connectivity index (χ0n) is 17.7. The Bertz CT molecular complexity index is 853. The first kappa shape index (κ1) is 20.9. The Morgan fingerprint density at radius 2 is 1.62 bits per heavy atom. The van der Waals surface area contributed by atoms with E-state index in [2.05, 4.69) is 42.3 Å². The lowest BCUT2D eigenvalue weighted by Crippen LogP contribution is -2.48. The molecule has 0 spiro atoms. The molecular weight excluding hydrogens is 362 g/mol. The molecule has 1 saturated heterocycles. The van der Waals surface area contributed by atoms with E-state index in [4.69, 9.17) is 0 Å². The van der Waals surface area contributed by atoms with Crippen molar-refractivity contribution in [2.24, 2.45) is 0 Å². The summed E-state index contributed by atoms with van der Waals surface area (Å²) in [6.07, 6.45) is 2.27. The number of hydrogen-bond donors (Lipinski definition) is 1. The predicted molar refractivity (Wildman–Crippen MR) is 118 cm³/mol. The summed E-state index contributed by atoms with van der Waals surface area (Å²) < 4.78 is 0. The third kappa shape index (κ3) is 5.83. The number of hydrogen-bond acceptors (Lipinski definition) is 3. The third-order valence-corrected chi connectivity index (χ3v) is 5.68. The Morgan fingerprint density at radius 1 is 0.931 bits per heavy atom. The van der Waals surface area contributed by atoms with Crippen LogP contribution in [0.25, 0.3) is 0 Å². The summed E-state index contributed by atoms with van der Waals surface area (Å²) in [6, 6.07) is 14.5. The van der Waals surface area contributed by atoms with E-state index in [1.807, 2.05) is 29.2 Å². The van der Waals surface area contributed by atoms with Gasteiger partial charge in [0.1, 0.15) is 0 Å². The second kappa shape index (κ2) is 9.59. The summed E-state index contributed by atoms with van der Waals surface area (Å²) in [6.45, 7) is 9.05. The molecule has 1 aliphatic heterocycles. The molecule has 0 saturated carbocycles. The second-order valence-corrected chi connectivity index (χ2v) is 7.86. The molecule has 0 bridgehead atoms. The molecule has 2 aromatic carbocycles. The highest BCUT2D eigenvalue weighted by atomic mass is 16.2. The van der Waals surface area contributed by atoms with E-state index in [1.54, 1.807) is 6.92 Å². The molecule has 5 heteroatoms. The average molecular weight is 394 g/mol. The first-order valence-corrected chi connectivity index (χ1v) is 10.4. The Kier molecular flexibility index (Phi) is 6.91. The number of carbonyl (C=O) groups excluding carboxylic acids is 2. The molecule has 29 heavy (non-hydrogen) atoms. The minimum absolute atomic E-state index is 0.0525. The van der Waals surface area contributed by atoms with E-state index in [9.17, 15) is 9.59 Å². The van der Waals surface area contributed by atoms with E-state index < -0.39 is 0 Å². The highest BCUT2D eigenvalue weighted by Crippen LogP contribution is 2.20. The number of rotatable bonds is 6. The van der Waals surface area contributed by atoms with Crippen molar-refractivity contribution in [3.63, 3.8) is 0 Å². The highest BCUT2D eigenvalue weighted by molar-refractivity contribution is 5.90. The molecule has 0 unspecified atom stereocenters. The maximum atomic E-state index is 12.3. The number of nitrogens with one attached hydrogen (secondary N) is 1. The number of aryl methyl sites for hydroxylation is 3. The van der Waals surface area contributed by atoms with Gasteiger partial charge in [-0.3, -0.25) is 9.59 Å². The first-order chi connectivity index (χ1) is 13.9. The van der Waals surface area contributed by atoms with E-state index in [0.717, 1.165) is 50.4 Å². The van der Waals surface area contributed by atoms with Crippen molar-refractivity contribution in [1.82, 2.24) is 4.90 Å². The van der Waals surface area contributed by atoms with Crippen LogP contribution in [0.4, 0.5) is 11.4 Å². The normalized spacial score (nSPS) is 14.0. The fraction of sp³-hybridized carbons (Fsp3) is 0.417. The summed E-state index contributed by atoms with van der Waals surface area (Å²) in [7, 11) is 0. The van der Waals surface area contributed by atoms with Crippen LogP contribution in [0.1, 0.15) is 36.5 Å². The van der Waals surface area contributed by atoms with Crippen molar-refractivity contribution in [1.29, 1.82) is 0 Å². The predicted octanol–water partition coefficient (Wildman–Crippen LogP) is 3.93. The number of benzene rings is 2. The molecule has 2 amide bonds. The van der Waals surface area contributed by atoms with Gasteiger partial charge >= 0.3 is 0 Å². The number of nitrogens with zero attached hydrogens (tertiary/aromatic N) is 2. The van der Waals surface area contributed by atoms with Crippen LogP contribution in [0.5, 0.6) is 0 Å². The number of carbonyl (C=O) groups is 2. The van der Waals surface area contributed by atoms with Gasteiger partial charge in [0.25, 0.3) is 0 Å². The SMILES string of the molecule is CC(=O)N1CCN(c2ccc(NC(=O)CCCc3ccc(C)c(C)c3)cc2)CC1. The van der Waals surface area contributed by atoms with Gasteiger partial charge in [0.05, 0.1) is 0 Å². The monoisotopic (exact) mass is 393 g/mol. The highest BCUT2D eigenvalue weighted by Gasteiger charge is 2.18. The molecule has 0 aliphatic carbocycles. The molecule has 154 valence electrons. The van der Waals surface area contributed by atoms with E-state index >= 15 is 0 Å². The van der Waals surface area contributed by atoms with Gasteiger partial charge in [0.15, 0.2) is 0 Å². The molecule has 0 atom stereocenters. The Hall–Kier alpha value is -2.82. The topological polar surface area (TPSA) is 52.7 Å². The standard InChI is InChI=1S/C24H31N3O2/c1-18-7-8-21(17-19(18)2)5-4-6-24(29)25-22-9-11-23(12-10-22)27-15-13-26(14-16-27)20(3)28/h7-12,17H,4-6,13-16H2,1-3H3,(H,25,29). The Balaban J connectivity index is 1.44. The molecule has 0 aromatic heterocycles. The molecule has 5 nitrogen and oxygen atoms in total. The smallest absolute Gasteiger partial charge is 0.224 e. The van der Waals surface area contributed by atoms with Gasteiger partial charge in [-0.05, 0) is 67.6 Å². The molecule has 1 heterocycles. The fourth-order valence-electron chi connectivity index (χ4n) is 3.67. The minimum Gasteiger partial charge on any atom is -0.368 e. The van der Waals surface area contributed by atoms with Crippen LogP contribution in [0.15, 0.2) is 42.5 Å². The van der Waals surface area contributed by atoms with Crippen molar-refractivity contribution in [3.8, 4) is 0 Å². The largest absolute Gasteiger partial charge is 0.368 e. The number of anilines is 2. The van der Waals surface area contributed by atoms with Crippen molar-refractivity contribution < 1.29 is 9.59 Å². The number of piperazine rings is 1. The Labute approximate surface area is 173 Å². The van der Waals surface area contributed by atoms with Crippen LogP contribution < -0.4 is 10.2 Å². The maximum Gasteiger partial charge on any atom is 0.224 e. The van der Waals surface area contributed by atoms with E-state index in [0.29, 0.717) is 6.42 Å². The fourth-order valence-corrected chi connectivity index (χ4v) is 3.67. The quantitative estimate of drug-likeness (QED) is 0.809. The van der Waals surface area contributed by atoms with Crippen LogP contribution in [-0.2, 0) is 16.0 Å². The summed E-state index contributed by atoms with van der Waals surface area (Å²) in [4.78, 5) is 27.8. The molecule has 1 aliphatic rings. The molecule has 1 N–H and O–H groups in total. The zero-order valence-corrected chi connectivity index (χ0v) is 17.7. The molecule has 2 aromatic rings. The van der Waals surface area contributed by atoms with Gasteiger partial charge in [-0.15, -0.1) is 0 Å². The van der Waals surface area contributed by atoms with E-state index in [1.165, 1.54) is 16.7 Å². The van der Waals surface area contributed by atoms with E-state index in [-0.39, 0.29) is 11.8 Å². The second-order valence-electron chi connectivity index (χ2n) is 7.86. The average Bonchev–Trinajstić information content (AvgIpc) is 2.71. The summed E-state index contributed by atoms with van der Waals surface area (Å²) in [5.41, 5.74) is 5.84. The van der Waals surface area contributed by atoms with Crippen LogP contribution in [0.2, 0.25) is 0 Å². The van der Waals surface area contributed by atoms with Gasteiger partial charge in [-0.2, -0.15) is 0 Å². The van der Waals surface area contributed by atoms with Crippen molar-refractivity contribution >= 4 is 23.2 Å². The first-order valence-electron chi connectivity index (χ1n) is 10.4. The third-order valence-electron chi connectivity index (χ3n) is 5.68. The molecule has 3 rings (SSSR count). The lowest BCUT2D eigenvalue weighted by atomic mass is 10.0. The van der Waals surface area contributed by atoms with Gasteiger partial charge < -0.3 is 15.1 Å². The summed E-state index contributed by atoms with van der Waals surface area (Å²) >= 11 is 0. The lowest BCUT2D eigenvalue weighted by Gasteiger charge is -2.35. The maximum absolute atomic E-state index is 12.3. The van der Waals surface area contributed by atoms with Gasteiger partial charge in [-0.1, -0.05) is 18.2 Å². The van der Waals surface area contributed by atoms with Crippen molar-refractivity contribution in [2.45, 2.75) is 40.0 Å². The summed E-state index contributed by atoms with van der Waals surface area (Å²) in [5, 5.41) is 2.99. The summed E-state index contributed by atoms with van der Waals surface area (Å²) in [5.74, 6) is 0.192. The van der Waals surface area contributed by atoms with Crippen LogP contribution in [0, 0.1) is 13.8 Å². The van der Waals surface area contributed by atoms with Gasteiger partial charge in [0.2, 0.25) is 11.8 Å². The van der Waals surface area contributed by atoms with Gasteiger partial charge in [0, 0.05) is 50.9 Å². The van der Waals surface area contributed by atoms with Gasteiger partial charge in [-0.25, -0.2) is 0 Å². The zero-order chi connectivity index (χ0) is 20.8. The van der Waals surface area contributed by atoms with Crippen LogP contribution in [0.3, 0.4) is 0 Å². The Morgan fingerprint density at radius 3 is 2.24 bits per heavy atom. The minimum atomic E-state index is 0.0525. The molecule has 1 fully saturated rings.